The van der Waals surface area contributed by atoms with E-state index in [0.29, 0.717) is 26.1 Å². The third-order valence-electron chi connectivity index (χ3n) is 5.33. The van der Waals surface area contributed by atoms with Crippen molar-refractivity contribution in [3.63, 3.8) is 0 Å². The predicted molar refractivity (Wildman–Crippen MR) is 90.4 cm³/mol. The lowest BCUT2D eigenvalue weighted by Crippen LogP contribution is -2.55. The molecule has 1 N–H and O–H groups in total. The fraction of sp³-hybridized carbons (Fsp3) is 0.684. The molecular weight excluding hydrogens is 290 g/mol. The van der Waals surface area contributed by atoms with Gasteiger partial charge >= 0.3 is 0 Å². The first kappa shape index (κ1) is 16.9. The lowest BCUT2D eigenvalue weighted by Gasteiger charge is -2.49. The van der Waals surface area contributed by atoms with E-state index in [2.05, 4.69) is 36.1 Å². The van der Waals surface area contributed by atoms with Crippen molar-refractivity contribution in [1.29, 1.82) is 0 Å². The molecule has 0 bridgehead atoms. The fourth-order valence-corrected chi connectivity index (χ4v) is 3.98. The summed E-state index contributed by atoms with van der Waals surface area (Å²) in [5.41, 5.74) is 1.80. The van der Waals surface area contributed by atoms with Gasteiger partial charge in [-0.15, -0.1) is 0 Å². The summed E-state index contributed by atoms with van der Waals surface area (Å²) in [5.74, 6) is 0. The molecule has 1 unspecified atom stereocenters. The number of aliphatic hydroxyl groups is 1. The summed E-state index contributed by atoms with van der Waals surface area (Å²) in [5, 5.41) is 10.7. The van der Waals surface area contributed by atoms with E-state index in [0.717, 1.165) is 32.5 Å². The van der Waals surface area contributed by atoms with Gasteiger partial charge in [-0.2, -0.15) is 0 Å². The van der Waals surface area contributed by atoms with Crippen molar-refractivity contribution in [3.8, 4) is 0 Å². The van der Waals surface area contributed by atoms with Crippen LogP contribution in [0.3, 0.4) is 0 Å². The Morgan fingerprint density at radius 2 is 1.87 bits per heavy atom. The highest BCUT2D eigenvalue weighted by Crippen LogP contribution is 2.39. The maximum absolute atomic E-state index is 10.7. The van der Waals surface area contributed by atoms with E-state index in [1.54, 1.807) is 7.11 Å². The zero-order valence-electron chi connectivity index (χ0n) is 14.4. The van der Waals surface area contributed by atoms with Gasteiger partial charge in [0.15, 0.2) is 0 Å². The van der Waals surface area contributed by atoms with Crippen LogP contribution in [0.25, 0.3) is 0 Å². The van der Waals surface area contributed by atoms with Crippen LogP contribution in [0.1, 0.15) is 36.8 Å². The maximum Gasteiger partial charge on any atom is 0.0929 e. The lowest BCUT2D eigenvalue weighted by atomic mass is 9.77. The van der Waals surface area contributed by atoms with Crippen LogP contribution in [-0.2, 0) is 16.0 Å². The van der Waals surface area contributed by atoms with Crippen molar-refractivity contribution in [1.82, 2.24) is 4.90 Å². The monoisotopic (exact) mass is 319 g/mol. The molecular formula is C19H29NO3. The van der Waals surface area contributed by atoms with E-state index in [1.165, 1.54) is 11.1 Å². The molecule has 1 spiro atoms. The van der Waals surface area contributed by atoms with E-state index >= 15 is 0 Å². The Bertz CT molecular complexity index is 504. The van der Waals surface area contributed by atoms with Crippen LogP contribution in [0.2, 0.25) is 0 Å². The van der Waals surface area contributed by atoms with Gasteiger partial charge in [0.1, 0.15) is 0 Å². The summed E-state index contributed by atoms with van der Waals surface area (Å²) in [6, 6.07) is 8.79. The first-order valence-corrected chi connectivity index (χ1v) is 8.66. The summed E-state index contributed by atoms with van der Waals surface area (Å²) in [7, 11) is 1.66. The molecule has 1 aromatic carbocycles. The second-order valence-electron chi connectivity index (χ2n) is 7.38. The van der Waals surface area contributed by atoms with E-state index < -0.39 is 5.60 Å². The Balaban J connectivity index is 1.56. The molecule has 0 aliphatic carbocycles. The standard InChI is InChI=1S/C19H29NO3/c1-16-3-5-17(6-4-16)13-20-10-7-19(8-11-20)14-18(21,15-22-2)9-12-23-19/h3-6,21H,7-15H2,1-2H3. The number of aryl methyl sites for hydroxylation is 1. The van der Waals surface area contributed by atoms with Crippen molar-refractivity contribution in [2.75, 3.05) is 33.4 Å². The molecule has 4 nitrogen and oxygen atoms in total. The Hall–Kier alpha value is -0.940. The molecule has 3 rings (SSSR count). The number of hydrogen-bond acceptors (Lipinski definition) is 4. The predicted octanol–water partition coefficient (Wildman–Crippen LogP) is 2.52. The van der Waals surface area contributed by atoms with Crippen LogP contribution in [0.15, 0.2) is 24.3 Å². The minimum absolute atomic E-state index is 0.157. The average Bonchev–Trinajstić information content (AvgIpc) is 2.52. The molecule has 2 saturated heterocycles. The summed E-state index contributed by atoms with van der Waals surface area (Å²) in [6.07, 6.45) is 3.36. The summed E-state index contributed by atoms with van der Waals surface area (Å²) >= 11 is 0. The number of piperidine rings is 1. The smallest absolute Gasteiger partial charge is 0.0929 e. The first-order chi connectivity index (χ1) is 11.0. The SMILES string of the molecule is COCC1(O)CCOC2(CCN(Cc3ccc(C)cc3)CC2)C1. The molecule has 0 saturated carbocycles. The van der Waals surface area contributed by atoms with Crippen molar-refractivity contribution in [2.24, 2.45) is 0 Å². The van der Waals surface area contributed by atoms with Crippen LogP contribution < -0.4 is 0 Å². The topological polar surface area (TPSA) is 41.9 Å². The third kappa shape index (κ3) is 4.13. The van der Waals surface area contributed by atoms with Gasteiger partial charge in [-0.25, -0.2) is 0 Å². The third-order valence-corrected chi connectivity index (χ3v) is 5.33. The molecule has 1 atom stereocenters. The zero-order valence-corrected chi connectivity index (χ0v) is 14.4. The Labute approximate surface area is 139 Å². The Kier molecular flexibility index (Phi) is 5.07. The number of ether oxygens (including phenoxy) is 2. The fourth-order valence-electron chi connectivity index (χ4n) is 3.98. The molecule has 0 radical (unpaired) electrons. The van der Waals surface area contributed by atoms with Crippen molar-refractivity contribution < 1.29 is 14.6 Å². The number of hydrogen-bond donors (Lipinski definition) is 1. The molecule has 2 aliphatic rings. The number of nitrogens with zero attached hydrogens (tertiary/aromatic N) is 1. The van der Waals surface area contributed by atoms with Gasteiger partial charge in [-0.1, -0.05) is 29.8 Å². The van der Waals surface area contributed by atoms with Crippen LogP contribution in [0, 0.1) is 6.92 Å². The van der Waals surface area contributed by atoms with E-state index in [4.69, 9.17) is 9.47 Å². The quantitative estimate of drug-likeness (QED) is 0.926. The largest absolute Gasteiger partial charge is 0.387 e. The molecule has 2 heterocycles. The van der Waals surface area contributed by atoms with Crippen LogP contribution in [0.5, 0.6) is 0 Å². The molecule has 2 aliphatic heterocycles. The summed E-state index contributed by atoms with van der Waals surface area (Å²) in [6.45, 7) is 6.21. The van der Waals surface area contributed by atoms with Crippen LogP contribution >= 0.6 is 0 Å². The normalized spacial score (nSPS) is 28.1. The summed E-state index contributed by atoms with van der Waals surface area (Å²) in [4.78, 5) is 2.49. The molecule has 2 fully saturated rings. The zero-order chi connectivity index (χ0) is 16.3. The minimum Gasteiger partial charge on any atom is -0.387 e. The lowest BCUT2D eigenvalue weighted by molar-refractivity contribution is -0.191. The first-order valence-electron chi connectivity index (χ1n) is 8.66. The molecule has 0 aromatic heterocycles. The molecule has 1 aromatic rings. The second kappa shape index (κ2) is 6.89. The van der Waals surface area contributed by atoms with Gasteiger partial charge in [0.2, 0.25) is 0 Å². The van der Waals surface area contributed by atoms with E-state index in [1.807, 2.05) is 0 Å². The van der Waals surface area contributed by atoms with E-state index in [9.17, 15) is 5.11 Å². The second-order valence-corrected chi connectivity index (χ2v) is 7.38. The van der Waals surface area contributed by atoms with Gasteiger partial charge in [0.05, 0.1) is 24.4 Å². The van der Waals surface area contributed by atoms with Gasteiger partial charge in [0.25, 0.3) is 0 Å². The summed E-state index contributed by atoms with van der Waals surface area (Å²) < 4.78 is 11.3. The molecule has 4 heteroatoms. The maximum atomic E-state index is 10.7. The minimum atomic E-state index is -0.716. The number of methoxy groups -OCH3 is 1. The van der Waals surface area contributed by atoms with Crippen molar-refractivity contribution in [3.05, 3.63) is 35.4 Å². The van der Waals surface area contributed by atoms with Gasteiger partial charge < -0.3 is 14.6 Å². The highest BCUT2D eigenvalue weighted by atomic mass is 16.5. The highest BCUT2D eigenvalue weighted by molar-refractivity contribution is 5.21. The van der Waals surface area contributed by atoms with Gasteiger partial charge in [0, 0.05) is 39.6 Å². The van der Waals surface area contributed by atoms with Crippen molar-refractivity contribution in [2.45, 2.75) is 50.4 Å². The number of benzene rings is 1. The molecule has 128 valence electrons. The van der Waals surface area contributed by atoms with E-state index in [-0.39, 0.29) is 5.60 Å². The number of rotatable bonds is 4. The van der Waals surface area contributed by atoms with Crippen LogP contribution in [0.4, 0.5) is 0 Å². The Morgan fingerprint density at radius 1 is 1.17 bits per heavy atom. The average molecular weight is 319 g/mol. The van der Waals surface area contributed by atoms with Crippen LogP contribution in [-0.4, -0.2) is 54.6 Å². The molecule has 0 amide bonds. The van der Waals surface area contributed by atoms with Crippen molar-refractivity contribution >= 4 is 0 Å². The highest BCUT2D eigenvalue weighted by Gasteiger charge is 2.46. The molecule has 23 heavy (non-hydrogen) atoms. The van der Waals surface area contributed by atoms with Gasteiger partial charge in [-0.3, -0.25) is 4.90 Å². The van der Waals surface area contributed by atoms with Gasteiger partial charge in [-0.05, 0) is 25.3 Å². The number of likely N-dealkylation sites (tertiary alicyclic amines) is 1. The Morgan fingerprint density at radius 3 is 2.52 bits per heavy atom.